The lowest BCUT2D eigenvalue weighted by molar-refractivity contribution is 0.0600. The summed E-state index contributed by atoms with van der Waals surface area (Å²) in [6.45, 7) is 2.51. The third kappa shape index (κ3) is 3.14. The molecule has 1 atom stereocenters. The predicted molar refractivity (Wildman–Crippen MR) is 95.1 cm³/mol. The van der Waals surface area contributed by atoms with Crippen LogP contribution in [0.25, 0.3) is 11.3 Å². The van der Waals surface area contributed by atoms with Gasteiger partial charge in [0.05, 0.1) is 23.5 Å². The van der Waals surface area contributed by atoms with Gasteiger partial charge in [0.2, 0.25) is 0 Å². The fourth-order valence-corrected chi connectivity index (χ4v) is 3.49. The second kappa shape index (κ2) is 6.78. The fourth-order valence-electron chi connectivity index (χ4n) is 3.49. The van der Waals surface area contributed by atoms with Gasteiger partial charge in [0.25, 0.3) is 5.91 Å². The first-order valence-electron chi connectivity index (χ1n) is 8.79. The number of piperidine rings is 1. The highest BCUT2D eigenvalue weighted by Gasteiger charge is 2.31. The van der Waals surface area contributed by atoms with E-state index >= 15 is 0 Å². The standard InChI is InChI=1S/C20H20FN3O2/c1-13-9-15(12-26-13)20(25)24-8-3-2-7-18(24)19-22-11-17(23-19)14-5-4-6-16(21)10-14/h4-6,9-12,18H,2-3,7-8H2,1H3,(H,22,23). The summed E-state index contributed by atoms with van der Waals surface area (Å²) >= 11 is 0. The largest absolute Gasteiger partial charge is 0.469 e. The molecule has 1 aromatic carbocycles. The van der Waals surface area contributed by atoms with E-state index in [9.17, 15) is 9.18 Å². The second-order valence-corrected chi connectivity index (χ2v) is 6.65. The van der Waals surface area contributed by atoms with Crippen molar-refractivity contribution >= 4 is 5.91 Å². The van der Waals surface area contributed by atoms with Crippen LogP contribution in [0.5, 0.6) is 0 Å². The number of nitrogens with one attached hydrogen (secondary N) is 1. The molecule has 4 rings (SSSR count). The minimum atomic E-state index is -0.288. The predicted octanol–water partition coefficient (Wildman–Crippen LogP) is 4.48. The Morgan fingerprint density at radius 3 is 3.00 bits per heavy atom. The van der Waals surface area contributed by atoms with Gasteiger partial charge in [-0.25, -0.2) is 9.37 Å². The van der Waals surface area contributed by atoms with Crippen molar-refractivity contribution in [1.29, 1.82) is 0 Å². The van der Waals surface area contributed by atoms with Crippen LogP contribution in [-0.4, -0.2) is 27.3 Å². The zero-order valence-electron chi connectivity index (χ0n) is 14.5. The topological polar surface area (TPSA) is 62.1 Å². The molecule has 1 aliphatic heterocycles. The number of H-pyrrole nitrogens is 1. The number of carbonyl (C=O) groups is 1. The number of rotatable bonds is 3. The number of hydrogen-bond donors (Lipinski definition) is 1. The molecule has 1 fully saturated rings. The minimum Gasteiger partial charge on any atom is -0.469 e. The Morgan fingerprint density at radius 2 is 2.23 bits per heavy atom. The average molecular weight is 353 g/mol. The molecule has 6 heteroatoms. The molecule has 1 saturated heterocycles. The molecule has 2 aromatic heterocycles. The SMILES string of the molecule is Cc1cc(C(=O)N2CCCCC2c2ncc(-c3cccc(F)c3)[nH]2)co1. The number of benzene rings is 1. The molecular weight excluding hydrogens is 333 g/mol. The third-order valence-electron chi connectivity index (χ3n) is 4.79. The Morgan fingerprint density at radius 1 is 1.35 bits per heavy atom. The number of aromatic amines is 1. The maximum atomic E-state index is 13.5. The summed E-state index contributed by atoms with van der Waals surface area (Å²) in [5.74, 6) is 1.12. The number of aromatic nitrogens is 2. The van der Waals surface area contributed by atoms with E-state index in [0.29, 0.717) is 17.9 Å². The molecule has 1 unspecified atom stereocenters. The Hall–Kier alpha value is -2.89. The number of carbonyl (C=O) groups excluding carboxylic acids is 1. The molecule has 3 aromatic rings. The van der Waals surface area contributed by atoms with Crippen LogP contribution in [0.4, 0.5) is 4.39 Å². The minimum absolute atomic E-state index is 0.0461. The zero-order valence-corrected chi connectivity index (χ0v) is 14.5. The first-order chi connectivity index (χ1) is 12.6. The van der Waals surface area contributed by atoms with E-state index in [1.807, 2.05) is 17.9 Å². The molecule has 5 nitrogen and oxygen atoms in total. The molecule has 0 bridgehead atoms. The van der Waals surface area contributed by atoms with Crippen LogP contribution >= 0.6 is 0 Å². The summed E-state index contributed by atoms with van der Waals surface area (Å²) in [7, 11) is 0. The lowest BCUT2D eigenvalue weighted by Gasteiger charge is -2.34. The van der Waals surface area contributed by atoms with Crippen molar-refractivity contribution in [2.75, 3.05) is 6.54 Å². The number of nitrogens with zero attached hydrogens (tertiary/aromatic N) is 2. The molecule has 0 radical (unpaired) electrons. The van der Waals surface area contributed by atoms with E-state index in [-0.39, 0.29) is 17.8 Å². The van der Waals surface area contributed by atoms with Gasteiger partial charge < -0.3 is 14.3 Å². The maximum absolute atomic E-state index is 13.5. The van der Waals surface area contributed by atoms with Crippen molar-refractivity contribution in [3.8, 4) is 11.3 Å². The van der Waals surface area contributed by atoms with Crippen LogP contribution in [0.1, 0.15) is 47.2 Å². The fraction of sp³-hybridized carbons (Fsp3) is 0.300. The third-order valence-corrected chi connectivity index (χ3v) is 4.79. The van der Waals surface area contributed by atoms with Crippen molar-refractivity contribution in [1.82, 2.24) is 14.9 Å². The quantitative estimate of drug-likeness (QED) is 0.755. The Kier molecular flexibility index (Phi) is 4.32. The molecule has 1 amide bonds. The number of furan rings is 1. The number of halogens is 1. The van der Waals surface area contributed by atoms with Crippen molar-refractivity contribution in [3.63, 3.8) is 0 Å². The zero-order chi connectivity index (χ0) is 18.1. The molecule has 3 heterocycles. The Labute approximate surface area is 150 Å². The summed E-state index contributed by atoms with van der Waals surface area (Å²) in [6.07, 6.45) is 6.05. The van der Waals surface area contributed by atoms with Gasteiger partial charge in [-0.2, -0.15) is 0 Å². The van der Waals surface area contributed by atoms with Gasteiger partial charge >= 0.3 is 0 Å². The lowest BCUT2D eigenvalue weighted by Crippen LogP contribution is -2.38. The molecule has 134 valence electrons. The van der Waals surface area contributed by atoms with Gasteiger partial charge in [-0.3, -0.25) is 4.79 Å². The van der Waals surface area contributed by atoms with Gasteiger partial charge in [0.1, 0.15) is 23.7 Å². The Balaban J connectivity index is 1.62. The van der Waals surface area contributed by atoms with E-state index in [4.69, 9.17) is 4.42 Å². The number of imidazole rings is 1. The van der Waals surface area contributed by atoms with Gasteiger partial charge in [-0.05, 0) is 44.4 Å². The van der Waals surface area contributed by atoms with Crippen LogP contribution in [0.3, 0.4) is 0 Å². The number of amides is 1. The first-order valence-corrected chi connectivity index (χ1v) is 8.79. The van der Waals surface area contributed by atoms with Gasteiger partial charge in [0, 0.05) is 12.1 Å². The summed E-state index contributed by atoms with van der Waals surface area (Å²) in [5.41, 5.74) is 2.05. The van der Waals surface area contributed by atoms with Crippen LogP contribution in [-0.2, 0) is 0 Å². The van der Waals surface area contributed by atoms with Gasteiger partial charge in [-0.15, -0.1) is 0 Å². The lowest BCUT2D eigenvalue weighted by atomic mass is 10.0. The van der Waals surface area contributed by atoms with Crippen LogP contribution < -0.4 is 0 Å². The van der Waals surface area contributed by atoms with Crippen LogP contribution in [0.2, 0.25) is 0 Å². The van der Waals surface area contributed by atoms with Crippen molar-refractivity contribution in [3.05, 3.63) is 65.8 Å². The highest BCUT2D eigenvalue weighted by Crippen LogP contribution is 2.32. The number of likely N-dealkylation sites (tertiary alicyclic amines) is 1. The normalized spacial score (nSPS) is 17.5. The molecule has 0 spiro atoms. The maximum Gasteiger partial charge on any atom is 0.257 e. The van der Waals surface area contributed by atoms with Crippen LogP contribution in [0.15, 0.2) is 47.2 Å². The van der Waals surface area contributed by atoms with Crippen molar-refractivity contribution < 1.29 is 13.6 Å². The molecule has 1 N–H and O–H groups in total. The van der Waals surface area contributed by atoms with E-state index in [0.717, 1.165) is 36.3 Å². The van der Waals surface area contributed by atoms with Crippen molar-refractivity contribution in [2.24, 2.45) is 0 Å². The molecule has 1 aliphatic rings. The molecule has 26 heavy (non-hydrogen) atoms. The molecule has 0 aliphatic carbocycles. The highest BCUT2D eigenvalue weighted by atomic mass is 19.1. The molecular formula is C20H20FN3O2. The second-order valence-electron chi connectivity index (χ2n) is 6.65. The van der Waals surface area contributed by atoms with Gasteiger partial charge in [0.15, 0.2) is 0 Å². The average Bonchev–Trinajstić information content (AvgIpc) is 3.30. The molecule has 0 saturated carbocycles. The van der Waals surface area contributed by atoms with Crippen LogP contribution in [0, 0.1) is 12.7 Å². The first kappa shape index (κ1) is 16.6. The van der Waals surface area contributed by atoms with E-state index in [1.165, 1.54) is 18.4 Å². The van der Waals surface area contributed by atoms with Gasteiger partial charge in [-0.1, -0.05) is 12.1 Å². The summed E-state index contributed by atoms with van der Waals surface area (Å²) in [4.78, 5) is 22.5. The monoisotopic (exact) mass is 353 g/mol. The highest BCUT2D eigenvalue weighted by molar-refractivity contribution is 5.94. The number of aryl methyl sites for hydroxylation is 1. The van der Waals surface area contributed by atoms with E-state index < -0.39 is 0 Å². The smallest absolute Gasteiger partial charge is 0.257 e. The Bertz CT molecular complexity index is 931. The van der Waals surface area contributed by atoms with E-state index in [2.05, 4.69) is 9.97 Å². The summed E-state index contributed by atoms with van der Waals surface area (Å²) < 4.78 is 18.8. The van der Waals surface area contributed by atoms with E-state index in [1.54, 1.807) is 18.3 Å². The number of hydrogen-bond acceptors (Lipinski definition) is 3. The van der Waals surface area contributed by atoms with Crippen molar-refractivity contribution in [2.45, 2.75) is 32.2 Å². The summed E-state index contributed by atoms with van der Waals surface area (Å²) in [6, 6.07) is 8.02. The summed E-state index contributed by atoms with van der Waals surface area (Å²) in [5, 5.41) is 0.